The van der Waals surface area contributed by atoms with E-state index in [9.17, 15) is 0 Å². The molecule has 0 spiro atoms. The van der Waals surface area contributed by atoms with Gasteiger partial charge in [-0.05, 0) is 46.5 Å². The van der Waals surface area contributed by atoms with Crippen molar-refractivity contribution in [3.05, 3.63) is 28.2 Å². The molecule has 19 heavy (non-hydrogen) atoms. The van der Waals surface area contributed by atoms with E-state index in [-0.39, 0.29) is 0 Å². The van der Waals surface area contributed by atoms with Crippen molar-refractivity contribution in [2.24, 2.45) is 0 Å². The van der Waals surface area contributed by atoms with Crippen LogP contribution in [0.25, 0.3) is 0 Å². The van der Waals surface area contributed by atoms with E-state index in [1.54, 1.807) is 7.11 Å². The van der Waals surface area contributed by atoms with E-state index in [4.69, 9.17) is 4.74 Å². The van der Waals surface area contributed by atoms with Crippen molar-refractivity contribution in [1.82, 2.24) is 5.32 Å². The van der Waals surface area contributed by atoms with Crippen LogP contribution < -0.4 is 10.1 Å². The van der Waals surface area contributed by atoms with Gasteiger partial charge in [-0.3, -0.25) is 0 Å². The van der Waals surface area contributed by atoms with Gasteiger partial charge in [0.2, 0.25) is 0 Å². The zero-order valence-corrected chi connectivity index (χ0v) is 14.1. The number of nitrogens with one attached hydrogen (secondary N) is 1. The summed E-state index contributed by atoms with van der Waals surface area (Å²) in [6.07, 6.45) is 4.84. The van der Waals surface area contributed by atoms with Gasteiger partial charge in [0.1, 0.15) is 5.75 Å². The Balaban J connectivity index is 2.69. The predicted octanol–water partition coefficient (Wildman–Crippen LogP) is 4.56. The first kappa shape index (κ1) is 16.5. The third-order valence-electron chi connectivity index (χ3n) is 3.17. The number of benzene rings is 1. The van der Waals surface area contributed by atoms with E-state index in [0.717, 1.165) is 16.6 Å². The maximum atomic E-state index is 5.27. The summed E-state index contributed by atoms with van der Waals surface area (Å²) in [5.41, 5.74) is 1.35. The highest BCUT2D eigenvalue weighted by molar-refractivity contribution is 9.10. The molecule has 0 aliphatic heterocycles. The van der Waals surface area contributed by atoms with E-state index in [0.29, 0.717) is 12.1 Å². The van der Waals surface area contributed by atoms with Gasteiger partial charge in [0.05, 0.1) is 11.6 Å². The lowest BCUT2D eigenvalue weighted by atomic mass is 10.0. The molecular weight excluding hydrogens is 302 g/mol. The van der Waals surface area contributed by atoms with E-state index in [1.165, 1.54) is 24.8 Å². The second-order valence-electron chi connectivity index (χ2n) is 5.33. The van der Waals surface area contributed by atoms with Gasteiger partial charge in [0.15, 0.2) is 0 Å². The summed E-state index contributed by atoms with van der Waals surface area (Å²) in [6, 6.07) is 7.44. The standard InChI is InChI=1S/C16H26BrNO/c1-5-6-7-14(18-12(2)3)10-13-8-9-16(19-4)15(17)11-13/h8-9,11-12,14,18H,5-7,10H2,1-4H3. The minimum atomic E-state index is 0.531. The summed E-state index contributed by atoms with van der Waals surface area (Å²) < 4.78 is 6.31. The molecule has 0 heterocycles. The van der Waals surface area contributed by atoms with E-state index in [2.05, 4.69) is 54.2 Å². The lowest BCUT2D eigenvalue weighted by Gasteiger charge is -2.21. The van der Waals surface area contributed by atoms with Crippen molar-refractivity contribution in [2.45, 2.75) is 58.5 Å². The van der Waals surface area contributed by atoms with Gasteiger partial charge in [0.25, 0.3) is 0 Å². The molecule has 0 fully saturated rings. The van der Waals surface area contributed by atoms with Crippen LogP contribution in [0.15, 0.2) is 22.7 Å². The number of ether oxygens (including phenoxy) is 1. The van der Waals surface area contributed by atoms with Crippen LogP contribution in [-0.2, 0) is 6.42 Å². The molecule has 0 aromatic heterocycles. The number of halogens is 1. The van der Waals surface area contributed by atoms with Crippen LogP contribution in [0.1, 0.15) is 45.6 Å². The molecule has 2 nitrogen and oxygen atoms in total. The van der Waals surface area contributed by atoms with Crippen molar-refractivity contribution < 1.29 is 4.74 Å². The van der Waals surface area contributed by atoms with Crippen molar-refractivity contribution in [3.8, 4) is 5.75 Å². The molecule has 1 aromatic rings. The highest BCUT2D eigenvalue weighted by atomic mass is 79.9. The summed E-state index contributed by atoms with van der Waals surface area (Å²) in [6.45, 7) is 6.67. The Morgan fingerprint density at radius 1 is 1.32 bits per heavy atom. The highest BCUT2D eigenvalue weighted by Crippen LogP contribution is 2.26. The minimum absolute atomic E-state index is 0.531. The maximum absolute atomic E-state index is 5.27. The normalized spacial score (nSPS) is 12.7. The summed E-state index contributed by atoms with van der Waals surface area (Å²) >= 11 is 3.56. The van der Waals surface area contributed by atoms with E-state index >= 15 is 0 Å². The summed E-state index contributed by atoms with van der Waals surface area (Å²) in [7, 11) is 1.70. The Labute approximate surface area is 126 Å². The molecule has 3 heteroatoms. The Kier molecular flexibility index (Phi) is 7.47. The number of hydrogen-bond acceptors (Lipinski definition) is 2. The van der Waals surface area contributed by atoms with Crippen molar-refractivity contribution >= 4 is 15.9 Å². The SMILES string of the molecule is CCCCC(Cc1ccc(OC)c(Br)c1)NC(C)C. The third-order valence-corrected chi connectivity index (χ3v) is 3.79. The van der Waals surface area contributed by atoms with Crippen molar-refractivity contribution in [1.29, 1.82) is 0 Å². The van der Waals surface area contributed by atoms with Gasteiger partial charge in [-0.1, -0.05) is 39.7 Å². The van der Waals surface area contributed by atoms with Crippen LogP contribution in [0.4, 0.5) is 0 Å². The molecule has 0 amide bonds. The molecule has 0 saturated carbocycles. The zero-order valence-electron chi connectivity index (χ0n) is 12.5. The molecule has 1 unspecified atom stereocenters. The molecule has 1 atom stereocenters. The molecule has 0 radical (unpaired) electrons. The topological polar surface area (TPSA) is 21.3 Å². The molecule has 0 saturated heterocycles. The minimum Gasteiger partial charge on any atom is -0.496 e. The van der Waals surface area contributed by atoms with Crippen LogP contribution in [0.3, 0.4) is 0 Å². The van der Waals surface area contributed by atoms with Crippen LogP contribution >= 0.6 is 15.9 Å². The number of methoxy groups -OCH3 is 1. The van der Waals surface area contributed by atoms with Gasteiger partial charge in [0, 0.05) is 12.1 Å². The average molecular weight is 328 g/mol. The van der Waals surface area contributed by atoms with Gasteiger partial charge >= 0.3 is 0 Å². The molecule has 1 aromatic carbocycles. The molecule has 0 aliphatic rings. The number of hydrogen-bond donors (Lipinski definition) is 1. The summed E-state index contributed by atoms with van der Waals surface area (Å²) in [5.74, 6) is 0.894. The van der Waals surface area contributed by atoms with E-state index in [1.807, 2.05) is 6.07 Å². The summed E-state index contributed by atoms with van der Waals surface area (Å²) in [5, 5.41) is 3.66. The lowest BCUT2D eigenvalue weighted by molar-refractivity contribution is 0.410. The van der Waals surface area contributed by atoms with Crippen LogP contribution in [-0.4, -0.2) is 19.2 Å². The first-order valence-electron chi connectivity index (χ1n) is 7.15. The first-order chi connectivity index (χ1) is 9.06. The smallest absolute Gasteiger partial charge is 0.133 e. The molecular formula is C16H26BrNO. The molecule has 0 bridgehead atoms. The van der Waals surface area contributed by atoms with Crippen LogP contribution in [0.5, 0.6) is 5.75 Å². The molecule has 108 valence electrons. The molecule has 1 N–H and O–H groups in total. The molecule has 1 rings (SSSR count). The third kappa shape index (κ3) is 5.96. The monoisotopic (exact) mass is 327 g/mol. The average Bonchev–Trinajstić information content (AvgIpc) is 2.35. The highest BCUT2D eigenvalue weighted by Gasteiger charge is 2.11. The lowest BCUT2D eigenvalue weighted by Crippen LogP contribution is -2.36. The van der Waals surface area contributed by atoms with Crippen molar-refractivity contribution in [2.75, 3.05) is 7.11 Å². The Morgan fingerprint density at radius 3 is 2.58 bits per heavy atom. The Bertz CT molecular complexity index is 379. The second-order valence-corrected chi connectivity index (χ2v) is 6.19. The van der Waals surface area contributed by atoms with Crippen molar-refractivity contribution in [3.63, 3.8) is 0 Å². The predicted molar refractivity (Wildman–Crippen MR) is 86.0 cm³/mol. The Hall–Kier alpha value is -0.540. The quantitative estimate of drug-likeness (QED) is 0.755. The molecule has 0 aliphatic carbocycles. The number of rotatable bonds is 8. The maximum Gasteiger partial charge on any atom is 0.133 e. The fraction of sp³-hybridized carbons (Fsp3) is 0.625. The van der Waals surface area contributed by atoms with Gasteiger partial charge in [-0.2, -0.15) is 0 Å². The van der Waals surface area contributed by atoms with Crippen LogP contribution in [0, 0.1) is 0 Å². The largest absolute Gasteiger partial charge is 0.496 e. The van der Waals surface area contributed by atoms with Gasteiger partial charge in [-0.15, -0.1) is 0 Å². The van der Waals surface area contributed by atoms with E-state index < -0.39 is 0 Å². The zero-order chi connectivity index (χ0) is 14.3. The van der Waals surface area contributed by atoms with Gasteiger partial charge < -0.3 is 10.1 Å². The first-order valence-corrected chi connectivity index (χ1v) is 7.94. The van der Waals surface area contributed by atoms with Crippen LogP contribution in [0.2, 0.25) is 0 Å². The fourth-order valence-electron chi connectivity index (χ4n) is 2.29. The summed E-state index contributed by atoms with van der Waals surface area (Å²) in [4.78, 5) is 0. The van der Waals surface area contributed by atoms with Gasteiger partial charge in [-0.25, -0.2) is 0 Å². The fourth-order valence-corrected chi connectivity index (χ4v) is 2.88. The number of unbranched alkanes of at least 4 members (excludes halogenated alkanes) is 1. The second kappa shape index (κ2) is 8.60. The Morgan fingerprint density at radius 2 is 2.05 bits per heavy atom.